The molecule has 0 unspecified atom stereocenters. The molecule has 2 aromatic heterocycles. The van der Waals surface area contributed by atoms with Gasteiger partial charge >= 0.3 is 0 Å². The third-order valence-electron chi connectivity index (χ3n) is 2.78. The molecule has 0 spiro atoms. The number of ether oxygens (including phenoxy) is 2. The van der Waals surface area contributed by atoms with Gasteiger partial charge in [0.05, 0.1) is 36.0 Å². The molecule has 0 aliphatic heterocycles. The lowest BCUT2D eigenvalue weighted by molar-refractivity contribution is 0.131. The first-order valence-electron chi connectivity index (χ1n) is 6.91. The summed E-state index contributed by atoms with van der Waals surface area (Å²) in [5.41, 5.74) is 3.56. The fourth-order valence-electron chi connectivity index (χ4n) is 1.82. The van der Waals surface area contributed by atoms with Crippen molar-refractivity contribution in [2.24, 2.45) is 0 Å². The molecule has 0 aromatic carbocycles. The Morgan fingerprint density at radius 1 is 0.750 bits per heavy atom. The van der Waals surface area contributed by atoms with Gasteiger partial charge in [-0.25, -0.2) is 9.97 Å². The van der Waals surface area contributed by atoms with Gasteiger partial charge in [0.25, 0.3) is 0 Å². The van der Waals surface area contributed by atoms with Gasteiger partial charge in [-0.05, 0) is 38.1 Å². The largest absolute Gasteiger partial charge is 0.375 e. The second-order valence-corrected chi connectivity index (χ2v) is 4.30. The summed E-state index contributed by atoms with van der Waals surface area (Å²) in [5, 5.41) is 0. The van der Waals surface area contributed by atoms with E-state index in [9.17, 15) is 0 Å². The van der Waals surface area contributed by atoms with Crippen LogP contribution in [0.25, 0.3) is 11.4 Å². The molecule has 0 aliphatic carbocycles. The van der Waals surface area contributed by atoms with Crippen LogP contribution in [0.4, 0.5) is 0 Å². The van der Waals surface area contributed by atoms with Crippen molar-refractivity contribution in [2.45, 2.75) is 27.1 Å². The molecule has 0 amide bonds. The van der Waals surface area contributed by atoms with Crippen LogP contribution in [0.3, 0.4) is 0 Å². The molecule has 0 bridgehead atoms. The zero-order chi connectivity index (χ0) is 14.2. The highest BCUT2D eigenvalue weighted by atomic mass is 16.5. The summed E-state index contributed by atoms with van der Waals surface area (Å²) in [5.74, 6) is 0. The minimum Gasteiger partial charge on any atom is -0.375 e. The lowest BCUT2D eigenvalue weighted by Gasteiger charge is -2.06. The molecular formula is C16H20N2O2. The zero-order valence-electron chi connectivity index (χ0n) is 12.0. The smallest absolute Gasteiger partial charge is 0.0890 e. The second-order valence-electron chi connectivity index (χ2n) is 4.30. The molecule has 0 radical (unpaired) electrons. The minimum atomic E-state index is 0.531. The lowest BCUT2D eigenvalue weighted by atomic mass is 10.2. The van der Waals surface area contributed by atoms with E-state index in [2.05, 4.69) is 9.97 Å². The van der Waals surface area contributed by atoms with Gasteiger partial charge in [0, 0.05) is 13.2 Å². The molecule has 2 aromatic rings. The summed E-state index contributed by atoms with van der Waals surface area (Å²) < 4.78 is 10.8. The Balaban J connectivity index is 2.17. The highest BCUT2D eigenvalue weighted by Gasteiger charge is 2.04. The third kappa shape index (κ3) is 4.11. The van der Waals surface area contributed by atoms with Gasteiger partial charge in [-0.1, -0.05) is 12.1 Å². The van der Waals surface area contributed by atoms with Crippen molar-refractivity contribution in [3.05, 3.63) is 47.8 Å². The predicted octanol–water partition coefficient (Wildman–Crippen LogP) is 3.22. The molecule has 0 fully saturated rings. The number of hydrogen-bond acceptors (Lipinski definition) is 4. The molecular weight excluding hydrogens is 252 g/mol. The van der Waals surface area contributed by atoms with Crippen molar-refractivity contribution in [3.63, 3.8) is 0 Å². The molecule has 0 saturated heterocycles. The van der Waals surface area contributed by atoms with Gasteiger partial charge < -0.3 is 9.47 Å². The van der Waals surface area contributed by atoms with Gasteiger partial charge in [0.2, 0.25) is 0 Å². The van der Waals surface area contributed by atoms with E-state index in [0.29, 0.717) is 26.4 Å². The Morgan fingerprint density at radius 3 is 1.60 bits per heavy atom. The SMILES string of the molecule is CCOCc1cccc(-c2cccc(COCC)n2)n1. The van der Waals surface area contributed by atoms with Gasteiger partial charge in [0.15, 0.2) is 0 Å². The van der Waals surface area contributed by atoms with Crippen LogP contribution in [0.2, 0.25) is 0 Å². The molecule has 0 saturated carbocycles. The quantitative estimate of drug-likeness (QED) is 0.776. The topological polar surface area (TPSA) is 44.2 Å². The summed E-state index contributed by atoms with van der Waals surface area (Å²) in [6.07, 6.45) is 0. The normalized spacial score (nSPS) is 10.7. The highest BCUT2D eigenvalue weighted by Crippen LogP contribution is 2.16. The standard InChI is InChI=1S/C16H20N2O2/c1-3-19-11-13-7-5-9-15(17-13)16-10-6-8-14(18-16)12-20-4-2/h5-10H,3-4,11-12H2,1-2H3. The van der Waals surface area contributed by atoms with Crippen LogP contribution in [0.15, 0.2) is 36.4 Å². The van der Waals surface area contributed by atoms with Crippen LogP contribution < -0.4 is 0 Å². The van der Waals surface area contributed by atoms with Crippen LogP contribution in [0.5, 0.6) is 0 Å². The molecule has 4 heteroatoms. The van der Waals surface area contributed by atoms with E-state index in [1.165, 1.54) is 0 Å². The monoisotopic (exact) mass is 272 g/mol. The first-order chi connectivity index (χ1) is 9.83. The first kappa shape index (κ1) is 14.6. The van der Waals surface area contributed by atoms with Crippen molar-refractivity contribution < 1.29 is 9.47 Å². The van der Waals surface area contributed by atoms with Crippen molar-refractivity contribution in [3.8, 4) is 11.4 Å². The average molecular weight is 272 g/mol. The number of hydrogen-bond donors (Lipinski definition) is 0. The summed E-state index contributed by atoms with van der Waals surface area (Å²) in [6.45, 7) is 6.39. The van der Waals surface area contributed by atoms with Crippen molar-refractivity contribution >= 4 is 0 Å². The van der Waals surface area contributed by atoms with Crippen LogP contribution in [0, 0.1) is 0 Å². The van der Waals surface area contributed by atoms with Crippen molar-refractivity contribution in [1.29, 1.82) is 0 Å². The summed E-state index contributed by atoms with van der Waals surface area (Å²) in [7, 11) is 0. The molecule has 0 N–H and O–H groups in total. The molecule has 0 atom stereocenters. The van der Waals surface area contributed by atoms with Gasteiger partial charge in [0.1, 0.15) is 0 Å². The second kappa shape index (κ2) is 7.72. The van der Waals surface area contributed by atoms with E-state index in [1.54, 1.807) is 0 Å². The maximum atomic E-state index is 5.38. The van der Waals surface area contributed by atoms with E-state index in [4.69, 9.17) is 9.47 Å². The number of rotatable bonds is 7. The third-order valence-corrected chi connectivity index (χ3v) is 2.78. The van der Waals surface area contributed by atoms with Crippen LogP contribution in [-0.2, 0) is 22.7 Å². The Hall–Kier alpha value is -1.78. The van der Waals surface area contributed by atoms with E-state index in [0.717, 1.165) is 22.8 Å². The summed E-state index contributed by atoms with van der Waals surface area (Å²) in [6, 6.07) is 11.8. The maximum absolute atomic E-state index is 5.38. The van der Waals surface area contributed by atoms with E-state index >= 15 is 0 Å². The molecule has 2 rings (SSSR count). The summed E-state index contributed by atoms with van der Waals surface area (Å²) >= 11 is 0. The van der Waals surface area contributed by atoms with Crippen LogP contribution in [0.1, 0.15) is 25.2 Å². The van der Waals surface area contributed by atoms with Gasteiger partial charge in [-0.3, -0.25) is 0 Å². The fraction of sp³-hybridized carbons (Fsp3) is 0.375. The van der Waals surface area contributed by atoms with Crippen molar-refractivity contribution in [2.75, 3.05) is 13.2 Å². The maximum Gasteiger partial charge on any atom is 0.0890 e. The van der Waals surface area contributed by atoms with E-state index < -0.39 is 0 Å². The molecule has 20 heavy (non-hydrogen) atoms. The van der Waals surface area contributed by atoms with E-state index in [1.807, 2.05) is 50.2 Å². The fourth-order valence-corrected chi connectivity index (χ4v) is 1.82. The number of aromatic nitrogens is 2. The Bertz CT molecular complexity index is 494. The average Bonchev–Trinajstić information content (AvgIpc) is 2.51. The van der Waals surface area contributed by atoms with Gasteiger partial charge in [-0.2, -0.15) is 0 Å². The predicted molar refractivity (Wildman–Crippen MR) is 78.1 cm³/mol. The summed E-state index contributed by atoms with van der Waals surface area (Å²) in [4.78, 5) is 9.15. The zero-order valence-corrected chi connectivity index (χ0v) is 12.0. The molecule has 4 nitrogen and oxygen atoms in total. The Morgan fingerprint density at radius 2 is 1.20 bits per heavy atom. The van der Waals surface area contributed by atoms with Crippen molar-refractivity contribution in [1.82, 2.24) is 9.97 Å². The number of nitrogens with zero attached hydrogens (tertiary/aromatic N) is 2. The number of pyridine rings is 2. The lowest BCUT2D eigenvalue weighted by Crippen LogP contribution is -1.99. The first-order valence-corrected chi connectivity index (χ1v) is 6.91. The molecule has 2 heterocycles. The molecule has 106 valence electrons. The van der Waals surface area contributed by atoms with Crippen LogP contribution in [-0.4, -0.2) is 23.2 Å². The highest BCUT2D eigenvalue weighted by molar-refractivity contribution is 5.54. The molecule has 0 aliphatic rings. The minimum absolute atomic E-state index is 0.531. The van der Waals surface area contributed by atoms with E-state index in [-0.39, 0.29) is 0 Å². The van der Waals surface area contributed by atoms with Crippen LogP contribution >= 0.6 is 0 Å². The Labute approximate surface area is 119 Å². The van der Waals surface area contributed by atoms with Gasteiger partial charge in [-0.15, -0.1) is 0 Å². The Kier molecular flexibility index (Phi) is 5.65.